The van der Waals surface area contributed by atoms with Crippen molar-refractivity contribution in [1.29, 1.82) is 0 Å². The van der Waals surface area contributed by atoms with E-state index in [-0.39, 0.29) is 0 Å². The molecule has 0 unspecified atom stereocenters. The van der Waals surface area contributed by atoms with E-state index in [1.54, 1.807) is 6.26 Å². The lowest BCUT2D eigenvalue weighted by atomic mass is 10.0. The summed E-state index contributed by atoms with van der Waals surface area (Å²) in [5.41, 5.74) is 0.839. The maximum Gasteiger partial charge on any atom is 0.138 e. The van der Waals surface area contributed by atoms with Crippen LogP contribution in [0.25, 0.3) is 0 Å². The molecular weight excluding hydrogens is 322 g/mol. The van der Waals surface area contributed by atoms with Crippen LogP contribution in [0.4, 0.5) is 0 Å². The molecule has 2 atom stereocenters. The van der Waals surface area contributed by atoms with E-state index in [2.05, 4.69) is 14.5 Å². The Balaban J connectivity index is 1.69. The number of aliphatic hydroxyl groups excluding tert-OH is 1. The summed E-state index contributed by atoms with van der Waals surface area (Å²) in [4.78, 5) is 2.38. The summed E-state index contributed by atoms with van der Waals surface area (Å²) in [5.74, 6) is 0.637. The Morgan fingerprint density at radius 3 is 3.09 bits per heavy atom. The fraction of sp³-hybridized carbons (Fsp3) is 0.600. The van der Waals surface area contributed by atoms with Crippen molar-refractivity contribution in [2.75, 3.05) is 6.54 Å². The molecule has 0 aliphatic carbocycles. The summed E-state index contributed by atoms with van der Waals surface area (Å²) in [6, 6.07) is 3.94. The molecule has 5 nitrogen and oxygen atoms in total. The third-order valence-corrected chi connectivity index (χ3v) is 5.21. The van der Waals surface area contributed by atoms with Crippen LogP contribution in [0.15, 0.2) is 22.8 Å². The number of likely N-dealkylation sites (tertiary alicyclic amines) is 1. The predicted octanol–water partition coefficient (Wildman–Crippen LogP) is 3.65. The van der Waals surface area contributed by atoms with Crippen molar-refractivity contribution in [1.82, 2.24) is 14.5 Å². The van der Waals surface area contributed by atoms with Gasteiger partial charge in [-0.05, 0) is 37.9 Å². The highest BCUT2D eigenvalue weighted by atomic mass is 35.5. The summed E-state index contributed by atoms with van der Waals surface area (Å²) in [6.45, 7) is 1.70. The van der Waals surface area contributed by atoms with Gasteiger partial charge in [-0.15, -0.1) is 5.10 Å². The molecule has 0 radical (unpaired) electrons. The van der Waals surface area contributed by atoms with Gasteiger partial charge in [0.25, 0.3) is 0 Å². The monoisotopic (exact) mass is 341 g/mol. The van der Waals surface area contributed by atoms with E-state index < -0.39 is 6.10 Å². The maximum absolute atomic E-state index is 10.4. The van der Waals surface area contributed by atoms with Crippen LogP contribution < -0.4 is 0 Å². The Bertz CT molecular complexity index is 575. The lowest BCUT2D eigenvalue weighted by Crippen LogP contribution is -2.35. The van der Waals surface area contributed by atoms with Crippen LogP contribution in [0.3, 0.4) is 0 Å². The number of hydrogen-bond donors (Lipinski definition) is 1. The summed E-state index contributed by atoms with van der Waals surface area (Å²) >= 11 is 7.36. The first kappa shape index (κ1) is 15.9. The maximum atomic E-state index is 10.4. The normalized spacial score (nSPS) is 21.6. The van der Waals surface area contributed by atoms with Crippen molar-refractivity contribution < 1.29 is 9.52 Å². The molecule has 0 aromatic carbocycles. The van der Waals surface area contributed by atoms with Gasteiger partial charge in [0.2, 0.25) is 0 Å². The highest BCUT2D eigenvalue weighted by Crippen LogP contribution is 2.29. The first-order chi connectivity index (χ1) is 10.7. The number of aromatic nitrogens is 2. The van der Waals surface area contributed by atoms with E-state index in [0.717, 1.165) is 18.7 Å². The molecule has 7 heteroatoms. The van der Waals surface area contributed by atoms with Crippen molar-refractivity contribution in [2.24, 2.45) is 0 Å². The number of halogens is 1. The number of aliphatic hydroxyl groups is 1. The molecule has 0 bridgehead atoms. The van der Waals surface area contributed by atoms with Crippen LogP contribution in [0.1, 0.15) is 49.7 Å². The Kier molecular flexibility index (Phi) is 5.46. The average molecular weight is 342 g/mol. The highest BCUT2D eigenvalue weighted by Gasteiger charge is 2.26. The lowest BCUT2D eigenvalue weighted by molar-refractivity contribution is 0.0825. The predicted molar refractivity (Wildman–Crippen MR) is 85.9 cm³/mol. The van der Waals surface area contributed by atoms with Crippen LogP contribution in [0.5, 0.6) is 0 Å². The van der Waals surface area contributed by atoms with E-state index >= 15 is 0 Å². The smallest absolute Gasteiger partial charge is 0.138 e. The van der Waals surface area contributed by atoms with Gasteiger partial charge in [-0.25, -0.2) is 0 Å². The second-order valence-corrected chi connectivity index (χ2v) is 7.09. The van der Waals surface area contributed by atoms with Crippen LogP contribution in [0, 0.1) is 0 Å². The van der Waals surface area contributed by atoms with Crippen LogP contribution in [-0.2, 0) is 6.54 Å². The van der Waals surface area contributed by atoms with Crippen molar-refractivity contribution >= 4 is 23.1 Å². The molecule has 2 aromatic rings. The Morgan fingerprint density at radius 1 is 1.45 bits per heavy atom. The number of furan rings is 1. The zero-order chi connectivity index (χ0) is 15.4. The van der Waals surface area contributed by atoms with Crippen LogP contribution in [-0.4, -0.2) is 32.2 Å². The molecule has 1 saturated heterocycles. The van der Waals surface area contributed by atoms with E-state index in [4.69, 9.17) is 16.0 Å². The molecule has 2 aromatic heterocycles. The van der Waals surface area contributed by atoms with Gasteiger partial charge >= 0.3 is 0 Å². The van der Waals surface area contributed by atoms with Crippen molar-refractivity contribution in [3.8, 4) is 0 Å². The summed E-state index contributed by atoms with van der Waals surface area (Å²) in [5, 5.41) is 14.5. The standard InChI is InChI=1S/C15H20ClN3O2S/c16-15-12(17-18-22-15)10-19-7-3-1-2-5-11(19)9-13(20)14-6-4-8-21-14/h4,6,8,11,13,20H,1-3,5,7,9-10H2/t11-,13-/m1/s1. The minimum atomic E-state index is -0.565. The SMILES string of the molecule is O[C@H](C[C@H]1CCCCCN1Cc1nnsc1Cl)c1ccco1. The van der Waals surface area contributed by atoms with Crippen molar-refractivity contribution in [2.45, 2.75) is 50.8 Å². The molecule has 120 valence electrons. The molecule has 1 aliphatic rings. The van der Waals surface area contributed by atoms with E-state index in [1.807, 2.05) is 12.1 Å². The zero-order valence-electron chi connectivity index (χ0n) is 12.3. The summed E-state index contributed by atoms with van der Waals surface area (Å²) in [6.07, 6.45) is 6.37. The number of hydrogen-bond acceptors (Lipinski definition) is 6. The van der Waals surface area contributed by atoms with Gasteiger partial charge in [-0.3, -0.25) is 4.90 Å². The molecule has 3 heterocycles. The second-order valence-electron chi connectivity index (χ2n) is 5.73. The van der Waals surface area contributed by atoms with E-state index in [1.165, 1.54) is 30.8 Å². The van der Waals surface area contributed by atoms with Crippen molar-refractivity contribution in [3.05, 3.63) is 34.2 Å². The molecule has 1 fully saturated rings. The Hall–Kier alpha value is -0.950. The Labute approximate surface area is 139 Å². The molecule has 0 amide bonds. The second kappa shape index (κ2) is 7.55. The third kappa shape index (κ3) is 3.87. The first-order valence-corrected chi connectivity index (χ1v) is 8.81. The zero-order valence-corrected chi connectivity index (χ0v) is 13.9. The van der Waals surface area contributed by atoms with Gasteiger partial charge < -0.3 is 9.52 Å². The minimum Gasteiger partial charge on any atom is -0.467 e. The van der Waals surface area contributed by atoms with Gasteiger partial charge in [0.05, 0.1) is 6.26 Å². The summed E-state index contributed by atoms with van der Waals surface area (Å²) in [7, 11) is 0. The van der Waals surface area contributed by atoms with Gasteiger partial charge in [0.15, 0.2) is 0 Å². The first-order valence-electron chi connectivity index (χ1n) is 7.66. The topological polar surface area (TPSA) is 62.4 Å². The van der Waals surface area contributed by atoms with Crippen LogP contribution >= 0.6 is 23.1 Å². The molecule has 0 saturated carbocycles. The average Bonchev–Trinajstić information content (AvgIpc) is 3.12. The minimum absolute atomic E-state index is 0.306. The fourth-order valence-electron chi connectivity index (χ4n) is 3.05. The van der Waals surface area contributed by atoms with E-state index in [0.29, 0.717) is 29.1 Å². The fourth-order valence-corrected chi connectivity index (χ4v) is 3.66. The number of rotatable bonds is 5. The largest absolute Gasteiger partial charge is 0.467 e. The molecule has 1 aliphatic heterocycles. The quantitative estimate of drug-likeness (QED) is 0.899. The Morgan fingerprint density at radius 2 is 2.36 bits per heavy atom. The molecule has 22 heavy (non-hydrogen) atoms. The van der Waals surface area contributed by atoms with Gasteiger partial charge in [-0.1, -0.05) is 28.9 Å². The van der Waals surface area contributed by atoms with Gasteiger partial charge in [0, 0.05) is 24.1 Å². The van der Waals surface area contributed by atoms with Gasteiger partial charge in [-0.2, -0.15) is 0 Å². The van der Waals surface area contributed by atoms with Gasteiger partial charge in [0.1, 0.15) is 21.9 Å². The highest BCUT2D eigenvalue weighted by molar-refractivity contribution is 7.10. The molecule has 0 spiro atoms. The van der Waals surface area contributed by atoms with E-state index in [9.17, 15) is 5.11 Å². The summed E-state index contributed by atoms with van der Waals surface area (Å²) < 4.78 is 9.89. The number of nitrogens with zero attached hydrogens (tertiary/aromatic N) is 3. The molecular formula is C15H20ClN3O2S. The van der Waals surface area contributed by atoms with Crippen molar-refractivity contribution in [3.63, 3.8) is 0 Å². The third-order valence-electron chi connectivity index (χ3n) is 4.23. The lowest BCUT2D eigenvalue weighted by Gasteiger charge is -2.30. The molecule has 3 rings (SSSR count). The molecule has 1 N–H and O–H groups in total. The van der Waals surface area contributed by atoms with Crippen LogP contribution in [0.2, 0.25) is 4.34 Å².